The molecule has 0 bridgehead atoms. The van der Waals surface area contributed by atoms with Gasteiger partial charge in [-0.15, -0.1) is 0 Å². The highest BCUT2D eigenvalue weighted by molar-refractivity contribution is 6.07. The number of rotatable bonds is 2. The van der Waals surface area contributed by atoms with E-state index in [0.29, 0.717) is 0 Å². The number of imidazole rings is 4. The number of nitrogens with zero attached hydrogens (tertiary/aromatic N) is 8. The largest absolute Gasteiger partial charge is 0.456 e. The molecular weight excluding hydrogens is 560 g/mol. The second-order valence-electron chi connectivity index (χ2n) is 11.3. The summed E-state index contributed by atoms with van der Waals surface area (Å²) in [5, 5.41) is 2.03. The van der Waals surface area contributed by atoms with Crippen LogP contribution in [0.25, 0.3) is 89.3 Å². The second-order valence-corrected chi connectivity index (χ2v) is 11.3. The lowest BCUT2D eigenvalue weighted by Gasteiger charge is -2.06. The van der Waals surface area contributed by atoms with E-state index in [4.69, 9.17) is 24.4 Å². The molecule has 9 heteroatoms. The summed E-state index contributed by atoms with van der Waals surface area (Å²) in [6.07, 6.45) is 3.66. The van der Waals surface area contributed by atoms with Crippen molar-refractivity contribution in [2.75, 3.05) is 0 Å². The van der Waals surface area contributed by atoms with Crippen molar-refractivity contribution < 1.29 is 4.42 Å². The van der Waals surface area contributed by atoms with E-state index >= 15 is 0 Å². The van der Waals surface area contributed by atoms with Crippen LogP contribution in [-0.2, 0) is 0 Å². The lowest BCUT2D eigenvalue weighted by molar-refractivity contribution is 0.669. The van der Waals surface area contributed by atoms with E-state index in [1.807, 2.05) is 73.1 Å². The number of furan rings is 1. The molecule has 0 N–H and O–H groups in total. The summed E-state index contributed by atoms with van der Waals surface area (Å²) in [6, 6.07) is 37.1. The smallest absolute Gasteiger partial charge is 0.221 e. The van der Waals surface area contributed by atoms with E-state index in [9.17, 15) is 0 Å². The van der Waals surface area contributed by atoms with Crippen molar-refractivity contribution in [1.82, 2.24) is 37.9 Å². The molecule has 7 heterocycles. The molecule has 0 radical (unpaired) electrons. The number of pyridine rings is 2. The fourth-order valence-corrected chi connectivity index (χ4v) is 6.97. The SMILES string of the molecule is c1ccc2c(c1)nc1n(-c3ccc4oc5ccc(-n6c7cccnc7n7c8ccccc8nc67)cc5c4c3)c3cccnc3n21. The summed E-state index contributed by atoms with van der Waals surface area (Å²) in [4.78, 5) is 19.6. The van der Waals surface area contributed by atoms with Gasteiger partial charge in [0, 0.05) is 23.2 Å². The van der Waals surface area contributed by atoms with Crippen LogP contribution in [0, 0.1) is 0 Å². The summed E-state index contributed by atoms with van der Waals surface area (Å²) < 4.78 is 15.0. The number of benzene rings is 4. The molecule has 0 unspecified atom stereocenters. The summed E-state index contributed by atoms with van der Waals surface area (Å²) in [7, 11) is 0. The molecule has 0 aliphatic rings. The maximum absolute atomic E-state index is 6.36. The zero-order chi connectivity index (χ0) is 29.2. The number of hydrogen-bond donors (Lipinski definition) is 0. The quantitative estimate of drug-likeness (QED) is 0.208. The molecule has 0 aliphatic carbocycles. The van der Waals surface area contributed by atoms with Crippen LogP contribution < -0.4 is 0 Å². The third-order valence-electron chi connectivity index (χ3n) is 8.88. The number of para-hydroxylation sites is 4. The van der Waals surface area contributed by atoms with Crippen LogP contribution in [0.15, 0.2) is 126 Å². The number of aromatic nitrogens is 8. The van der Waals surface area contributed by atoms with Crippen LogP contribution in [0.4, 0.5) is 0 Å². The van der Waals surface area contributed by atoms with Gasteiger partial charge in [-0.2, -0.15) is 0 Å². The molecule has 4 aromatic carbocycles. The van der Waals surface area contributed by atoms with E-state index in [-0.39, 0.29) is 0 Å². The molecule has 0 amide bonds. The van der Waals surface area contributed by atoms with Crippen LogP contribution in [0.5, 0.6) is 0 Å². The Kier molecular flexibility index (Phi) is 4.15. The van der Waals surface area contributed by atoms with Crippen molar-refractivity contribution in [3.8, 4) is 11.4 Å². The number of hydrogen-bond acceptors (Lipinski definition) is 5. The molecule has 11 rings (SSSR count). The van der Waals surface area contributed by atoms with Crippen LogP contribution in [0.1, 0.15) is 0 Å². The highest BCUT2D eigenvalue weighted by atomic mass is 16.3. The van der Waals surface area contributed by atoms with Gasteiger partial charge in [-0.25, -0.2) is 19.9 Å². The normalized spacial score (nSPS) is 12.4. The van der Waals surface area contributed by atoms with Crippen LogP contribution in [0.2, 0.25) is 0 Å². The first-order chi connectivity index (χ1) is 22.3. The highest BCUT2D eigenvalue weighted by Crippen LogP contribution is 2.36. The second kappa shape index (κ2) is 8.12. The molecular formula is C36H20N8O. The van der Waals surface area contributed by atoms with E-state index in [1.54, 1.807) is 0 Å². The Morgan fingerprint density at radius 3 is 1.44 bits per heavy atom. The third kappa shape index (κ3) is 2.91. The molecule has 0 fully saturated rings. The minimum Gasteiger partial charge on any atom is -0.456 e. The summed E-state index contributed by atoms with van der Waals surface area (Å²) in [5.41, 5.74) is 11.2. The van der Waals surface area contributed by atoms with Gasteiger partial charge < -0.3 is 4.42 Å². The van der Waals surface area contributed by atoms with Crippen molar-refractivity contribution in [3.63, 3.8) is 0 Å². The molecule has 11 aromatic rings. The zero-order valence-electron chi connectivity index (χ0n) is 23.5. The minimum atomic E-state index is 0.817. The lowest BCUT2D eigenvalue weighted by atomic mass is 10.1. The van der Waals surface area contributed by atoms with Crippen LogP contribution >= 0.6 is 0 Å². The van der Waals surface area contributed by atoms with Gasteiger partial charge in [0.05, 0.1) is 44.5 Å². The molecule has 0 saturated carbocycles. The Bertz CT molecular complexity index is 2800. The lowest BCUT2D eigenvalue weighted by Crippen LogP contribution is -1.95. The molecule has 9 nitrogen and oxygen atoms in total. The predicted molar refractivity (Wildman–Crippen MR) is 175 cm³/mol. The van der Waals surface area contributed by atoms with E-state index in [2.05, 4.69) is 66.5 Å². The van der Waals surface area contributed by atoms with Gasteiger partial charge in [-0.3, -0.25) is 17.9 Å². The van der Waals surface area contributed by atoms with Gasteiger partial charge >= 0.3 is 0 Å². The molecule has 0 spiro atoms. The molecule has 0 atom stereocenters. The summed E-state index contributed by atoms with van der Waals surface area (Å²) >= 11 is 0. The molecule has 45 heavy (non-hydrogen) atoms. The maximum Gasteiger partial charge on any atom is 0.221 e. The molecule has 0 saturated heterocycles. The van der Waals surface area contributed by atoms with Gasteiger partial charge in [-0.05, 0) is 84.9 Å². The van der Waals surface area contributed by atoms with Crippen LogP contribution in [-0.4, -0.2) is 37.9 Å². The Morgan fingerprint density at radius 2 is 0.933 bits per heavy atom. The van der Waals surface area contributed by atoms with Gasteiger partial charge in [-0.1, -0.05) is 24.3 Å². The third-order valence-corrected chi connectivity index (χ3v) is 8.88. The van der Waals surface area contributed by atoms with Crippen molar-refractivity contribution >= 4 is 77.9 Å². The average Bonchev–Trinajstić information content (AvgIpc) is 3.87. The Hall–Kier alpha value is -6.48. The zero-order valence-corrected chi connectivity index (χ0v) is 23.5. The van der Waals surface area contributed by atoms with Gasteiger partial charge in [0.2, 0.25) is 11.6 Å². The van der Waals surface area contributed by atoms with Crippen LogP contribution in [0.3, 0.4) is 0 Å². The van der Waals surface area contributed by atoms with E-state index in [0.717, 1.165) is 89.3 Å². The summed E-state index contributed by atoms with van der Waals surface area (Å²) in [6.45, 7) is 0. The maximum atomic E-state index is 6.36. The fraction of sp³-hybridized carbons (Fsp3) is 0. The van der Waals surface area contributed by atoms with Crippen molar-refractivity contribution in [3.05, 3.63) is 122 Å². The first-order valence-electron chi connectivity index (χ1n) is 14.7. The predicted octanol–water partition coefficient (Wildman–Crippen LogP) is 7.87. The van der Waals surface area contributed by atoms with E-state index < -0.39 is 0 Å². The standard InChI is InChI=1S/C36H20N8O/c1-3-9-27-25(7-1)39-35-41(29-11-5-17-37-33(29)43(27)35)21-13-15-31-23(19-21)24-20-22(14-16-32(24)45-31)42-30-12-6-18-38-34(30)44-28-10-4-2-8-26(28)40-36(42)44/h1-20H. The molecule has 7 aromatic heterocycles. The Balaban J connectivity index is 1.19. The summed E-state index contributed by atoms with van der Waals surface area (Å²) in [5.74, 6) is 1.63. The minimum absolute atomic E-state index is 0.817. The van der Waals surface area contributed by atoms with Gasteiger partial charge in [0.25, 0.3) is 0 Å². The van der Waals surface area contributed by atoms with Crippen molar-refractivity contribution in [1.29, 1.82) is 0 Å². The molecule has 0 aliphatic heterocycles. The monoisotopic (exact) mass is 580 g/mol. The topological polar surface area (TPSA) is 83.4 Å². The molecule has 210 valence electrons. The first kappa shape index (κ1) is 23.0. The highest BCUT2D eigenvalue weighted by Gasteiger charge is 2.21. The Morgan fingerprint density at radius 1 is 0.467 bits per heavy atom. The number of fused-ring (bicyclic) bond motifs is 13. The van der Waals surface area contributed by atoms with Crippen molar-refractivity contribution in [2.24, 2.45) is 0 Å². The van der Waals surface area contributed by atoms with Gasteiger partial charge in [0.1, 0.15) is 11.2 Å². The average molecular weight is 581 g/mol. The van der Waals surface area contributed by atoms with Gasteiger partial charge in [0.15, 0.2) is 11.3 Å². The first-order valence-corrected chi connectivity index (χ1v) is 14.7. The Labute approximate surface area is 252 Å². The van der Waals surface area contributed by atoms with E-state index in [1.165, 1.54) is 0 Å². The fourth-order valence-electron chi connectivity index (χ4n) is 6.97. The van der Waals surface area contributed by atoms with Crippen molar-refractivity contribution in [2.45, 2.75) is 0 Å².